The summed E-state index contributed by atoms with van der Waals surface area (Å²) in [6.45, 7) is 3.74. The van der Waals surface area contributed by atoms with Crippen molar-refractivity contribution in [2.75, 3.05) is 26.2 Å². The molecule has 0 aliphatic carbocycles. The summed E-state index contributed by atoms with van der Waals surface area (Å²) in [7, 11) is 0. The summed E-state index contributed by atoms with van der Waals surface area (Å²) in [5.41, 5.74) is 1.02. The molecule has 1 amide bonds. The Bertz CT molecular complexity index is 729. The van der Waals surface area contributed by atoms with Crippen LogP contribution in [0.5, 0.6) is 0 Å². The van der Waals surface area contributed by atoms with Crippen LogP contribution in [0, 0.1) is 5.82 Å². The van der Waals surface area contributed by atoms with Crippen LogP contribution in [0.2, 0.25) is 0 Å². The Morgan fingerprint density at radius 1 is 1.12 bits per heavy atom. The van der Waals surface area contributed by atoms with E-state index in [-0.39, 0.29) is 11.7 Å². The highest BCUT2D eigenvalue weighted by Crippen LogP contribution is 2.22. The molecule has 2 saturated heterocycles. The van der Waals surface area contributed by atoms with E-state index in [0.717, 1.165) is 39.0 Å². The minimum atomic E-state index is -0.305. The van der Waals surface area contributed by atoms with Gasteiger partial charge in [-0.25, -0.2) is 9.07 Å². The Kier molecular flexibility index (Phi) is 4.02. The summed E-state index contributed by atoms with van der Waals surface area (Å²) in [6, 6.07) is 6.43. The van der Waals surface area contributed by atoms with E-state index in [1.807, 2.05) is 4.90 Å². The molecule has 24 heavy (non-hydrogen) atoms. The number of amides is 1. The molecule has 0 bridgehead atoms. The Balaban J connectivity index is 1.51. The van der Waals surface area contributed by atoms with E-state index in [4.69, 9.17) is 0 Å². The van der Waals surface area contributed by atoms with Crippen LogP contribution in [0.25, 0.3) is 5.69 Å². The third kappa shape index (κ3) is 2.91. The zero-order valence-electron chi connectivity index (χ0n) is 13.4. The van der Waals surface area contributed by atoms with Crippen molar-refractivity contribution in [1.82, 2.24) is 24.8 Å². The van der Waals surface area contributed by atoms with Crippen LogP contribution in [0.1, 0.15) is 29.8 Å². The average Bonchev–Trinajstić information content (AvgIpc) is 3.20. The number of carbonyl (C=O) groups excluding carboxylic acids is 1. The van der Waals surface area contributed by atoms with E-state index >= 15 is 0 Å². The van der Waals surface area contributed by atoms with E-state index < -0.39 is 0 Å². The molecule has 0 spiro atoms. The van der Waals surface area contributed by atoms with Gasteiger partial charge in [0.2, 0.25) is 0 Å². The van der Waals surface area contributed by atoms with Crippen molar-refractivity contribution in [3.05, 3.63) is 42.0 Å². The molecular formula is C17H20FN5O. The molecule has 2 aliphatic heterocycles. The number of nitrogens with zero attached hydrogens (tertiary/aromatic N) is 5. The third-order valence-corrected chi connectivity index (χ3v) is 4.89. The van der Waals surface area contributed by atoms with Crippen LogP contribution in [-0.4, -0.2) is 62.9 Å². The Morgan fingerprint density at radius 2 is 1.92 bits per heavy atom. The first-order chi connectivity index (χ1) is 11.7. The van der Waals surface area contributed by atoms with E-state index in [9.17, 15) is 9.18 Å². The predicted octanol–water partition coefficient (Wildman–Crippen LogP) is 1.72. The zero-order valence-corrected chi connectivity index (χ0v) is 13.4. The van der Waals surface area contributed by atoms with Crippen LogP contribution in [-0.2, 0) is 0 Å². The number of hydrogen-bond acceptors (Lipinski definition) is 4. The van der Waals surface area contributed by atoms with Crippen molar-refractivity contribution in [2.24, 2.45) is 0 Å². The maximum atomic E-state index is 13.0. The molecule has 1 aromatic heterocycles. The number of aromatic nitrogens is 3. The topological polar surface area (TPSA) is 54.3 Å². The lowest BCUT2D eigenvalue weighted by atomic mass is 10.2. The summed E-state index contributed by atoms with van der Waals surface area (Å²) in [6.07, 6.45) is 4.99. The fourth-order valence-corrected chi connectivity index (χ4v) is 3.63. The Morgan fingerprint density at radius 3 is 2.75 bits per heavy atom. The number of hydrogen-bond donors (Lipinski definition) is 0. The maximum absolute atomic E-state index is 13.0. The molecule has 3 heterocycles. The number of rotatable bonds is 2. The van der Waals surface area contributed by atoms with Crippen molar-refractivity contribution < 1.29 is 9.18 Å². The third-order valence-electron chi connectivity index (χ3n) is 4.89. The van der Waals surface area contributed by atoms with Gasteiger partial charge in [-0.3, -0.25) is 9.69 Å². The zero-order chi connectivity index (χ0) is 16.5. The van der Waals surface area contributed by atoms with Crippen molar-refractivity contribution in [3.8, 4) is 5.69 Å². The summed E-state index contributed by atoms with van der Waals surface area (Å²) < 4.78 is 14.5. The Labute approximate surface area is 139 Å². The van der Waals surface area contributed by atoms with Gasteiger partial charge in [0.15, 0.2) is 5.69 Å². The van der Waals surface area contributed by atoms with E-state index in [0.29, 0.717) is 17.4 Å². The number of fused-ring (bicyclic) bond motifs is 1. The van der Waals surface area contributed by atoms with Crippen LogP contribution < -0.4 is 0 Å². The molecule has 2 aromatic rings. The summed E-state index contributed by atoms with van der Waals surface area (Å²) in [5, 5.41) is 8.03. The second-order valence-corrected chi connectivity index (χ2v) is 6.46. The molecule has 1 unspecified atom stereocenters. The lowest BCUT2D eigenvalue weighted by molar-refractivity contribution is 0.0737. The summed E-state index contributed by atoms with van der Waals surface area (Å²) in [5.74, 6) is -0.377. The number of halogens is 1. The monoisotopic (exact) mass is 329 g/mol. The van der Waals surface area contributed by atoms with Gasteiger partial charge in [-0.1, -0.05) is 5.21 Å². The molecule has 1 atom stereocenters. The summed E-state index contributed by atoms with van der Waals surface area (Å²) in [4.78, 5) is 17.2. The first kappa shape index (κ1) is 15.3. The second-order valence-electron chi connectivity index (χ2n) is 6.46. The summed E-state index contributed by atoms with van der Waals surface area (Å²) >= 11 is 0. The lowest BCUT2D eigenvalue weighted by Crippen LogP contribution is -2.39. The van der Waals surface area contributed by atoms with Crippen molar-refractivity contribution >= 4 is 5.91 Å². The molecular weight excluding hydrogens is 309 g/mol. The standard InChI is InChI=1S/C17H20FN5O/c18-13-4-6-14(7-5-13)23-12-16(19-20-23)17(24)22-10-2-9-21-8-1-3-15(21)11-22/h4-7,12,15H,1-3,8-11H2. The van der Waals surface area contributed by atoms with Crippen LogP contribution in [0.15, 0.2) is 30.5 Å². The molecule has 1 aromatic carbocycles. The fourth-order valence-electron chi connectivity index (χ4n) is 3.63. The molecule has 2 fully saturated rings. The number of benzene rings is 1. The normalized spacial score (nSPS) is 21.5. The van der Waals surface area contributed by atoms with Gasteiger partial charge in [0.1, 0.15) is 5.82 Å². The van der Waals surface area contributed by atoms with Gasteiger partial charge in [-0.05, 0) is 50.1 Å². The molecule has 6 nitrogen and oxygen atoms in total. The van der Waals surface area contributed by atoms with Gasteiger partial charge >= 0.3 is 0 Å². The quantitative estimate of drug-likeness (QED) is 0.842. The molecule has 4 rings (SSSR count). The van der Waals surface area contributed by atoms with Crippen molar-refractivity contribution in [1.29, 1.82) is 0 Å². The van der Waals surface area contributed by atoms with Gasteiger partial charge in [-0.15, -0.1) is 5.10 Å². The van der Waals surface area contributed by atoms with Gasteiger partial charge in [0.25, 0.3) is 5.91 Å². The number of carbonyl (C=O) groups is 1. The SMILES string of the molecule is O=C(c1cn(-c2ccc(F)cc2)nn1)N1CCCN2CCCC2C1. The van der Waals surface area contributed by atoms with Crippen LogP contribution >= 0.6 is 0 Å². The predicted molar refractivity (Wildman–Crippen MR) is 86.4 cm³/mol. The minimum absolute atomic E-state index is 0.0721. The van der Waals surface area contributed by atoms with Crippen LogP contribution in [0.4, 0.5) is 4.39 Å². The molecule has 0 radical (unpaired) electrons. The molecule has 7 heteroatoms. The van der Waals surface area contributed by atoms with Gasteiger partial charge in [0, 0.05) is 25.7 Å². The average molecular weight is 329 g/mol. The maximum Gasteiger partial charge on any atom is 0.276 e. The smallest absolute Gasteiger partial charge is 0.276 e. The van der Waals surface area contributed by atoms with Gasteiger partial charge in [-0.2, -0.15) is 0 Å². The fraction of sp³-hybridized carbons (Fsp3) is 0.471. The highest BCUT2D eigenvalue weighted by atomic mass is 19.1. The molecule has 0 saturated carbocycles. The second kappa shape index (κ2) is 6.32. The van der Waals surface area contributed by atoms with Gasteiger partial charge in [0.05, 0.1) is 11.9 Å². The van der Waals surface area contributed by atoms with E-state index in [1.165, 1.54) is 23.2 Å². The first-order valence-electron chi connectivity index (χ1n) is 8.42. The van der Waals surface area contributed by atoms with E-state index in [2.05, 4.69) is 15.2 Å². The van der Waals surface area contributed by atoms with Crippen LogP contribution in [0.3, 0.4) is 0 Å². The molecule has 2 aliphatic rings. The highest BCUT2D eigenvalue weighted by Gasteiger charge is 2.31. The van der Waals surface area contributed by atoms with Crippen molar-refractivity contribution in [3.63, 3.8) is 0 Å². The Hall–Kier alpha value is -2.28. The van der Waals surface area contributed by atoms with E-state index in [1.54, 1.807) is 18.3 Å². The highest BCUT2D eigenvalue weighted by molar-refractivity contribution is 5.92. The first-order valence-corrected chi connectivity index (χ1v) is 8.42. The largest absolute Gasteiger partial charge is 0.336 e. The molecule has 126 valence electrons. The minimum Gasteiger partial charge on any atom is -0.336 e. The lowest BCUT2D eigenvalue weighted by Gasteiger charge is -2.25. The van der Waals surface area contributed by atoms with Gasteiger partial charge < -0.3 is 4.90 Å². The van der Waals surface area contributed by atoms with Crippen molar-refractivity contribution in [2.45, 2.75) is 25.3 Å². The molecule has 0 N–H and O–H groups in total.